The third-order valence-corrected chi connectivity index (χ3v) is 19.3. The van der Waals surface area contributed by atoms with E-state index in [9.17, 15) is 43.2 Å². The number of aliphatic hydroxyl groups is 1. The van der Waals surface area contributed by atoms with Gasteiger partial charge in [-0.1, -0.05) is 309 Å². The fourth-order valence-electron chi connectivity index (χ4n) is 11.3. The van der Waals surface area contributed by atoms with Gasteiger partial charge >= 0.3 is 39.5 Å². The number of hydrogen-bond acceptors (Lipinski definition) is 15. The molecule has 19 heteroatoms. The molecule has 0 aromatic heterocycles. The largest absolute Gasteiger partial charge is 0.472 e. The zero-order chi connectivity index (χ0) is 70.4. The molecule has 17 nitrogen and oxygen atoms in total. The van der Waals surface area contributed by atoms with Gasteiger partial charge in [-0.15, -0.1) is 0 Å². The number of aliphatic hydroxyl groups excluding tert-OH is 1. The van der Waals surface area contributed by atoms with E-state index in [1.54, 1.807) is 0 Å². The van der Waals surface area contributed by atoms with Gasteiger partial charge in [-0.05, 0) is 77.0 Å². The summed E-state index contributed by atoms with van der Waals surface area (Å²) in [6, 6.07) is 0. The Morgan fingerprint density at radius 2 is 0.479 bits per heavy atom. The van der Waals surface area contributed by atoms with Crippen LogP contribution < -0.4 is 0 Å². The number of rotatable bonds is 76. The third-order valence-electron chi connectivity index (χ3n) is 17.4. The first-order valence-corrected chi connectivity index (χ1v) is 42.6. The Balaban J connectivity index is 5.29. The molecule has 0 fully saturated rings. The normalized spacial score (nSPS) is 14.0. The van der Waals surface area contributed by atoms with Gasteiger partial charge in [-0.25, -0.2) is 9.13 Å². The number of carbonyl (C=O) groups excluding carboxylic acids is 4. The summed E-state index contributed by atoms with van der Waals surface area (Å²) in [6.07, 6.45) is 64.4. The van der Waals surface area contributed by atoms with Crippen LogP contribution in [-0.4, -0.2) is 96.7 Å². The lowest BCUT2D eigenvalue weighted by molar-refractivity contribution is -0.161. The van der Waals surface area contributed by atoms with Gasteiger partial charge in [0.2, 0.25) is 0 Å². The van der Waals surface area contributed by atoms with E-state index < -0.39 is 97.5 Å². The highest BCUT2D eigenvalue weighted by Gasteiger charge is 2.30. The minimum absolute atomic E-state index is 0.104. The summed E-state index contributed by atoms with van der Waals surface area (Å²) in [6.45, 7) is 4.93. The quantitative estimate of drug-likeness (QED) is 0.0169. The maximum absolute atomic E-state index is 13.1. The molecule has 0 bridgehead atoms. The maximum atomic E-state index is 13.1. The van der Waals surface area contributed by atoms with E-state index in [2.05, 4.69) is 52.0 Å². The van der Waals surface area contributed by atoms with Crippen molar-refractivity contribution in [2.45, 2.75) is 406 Å². The van der Waals surface area contributed by atoms with Crippen molar-refractivity contribution < 1.29 is 80.2 Å². The molecule has 96 heavy (non-hydrogen) atoms. The zero-order valence-corrected chi connectivity index (χ0v) is 63.6. The number of carbonyl (C=O) groups is 4. The van der Waals surface area contributed by atoms with E-state index in [1.165, 1.54) is 180 Å². The summed E-state index contributed by atoms with van der Waals surface area (Å²) in [5.74, 6) is -2.14. The smallest absolute Gasteiger partial charge is 0.462 e. The number of esters is 4. The van der Waals surface area contributed by atoms with Gasteiger partial charge in [0.25, 0.3) is 0 Å². The Hall–Kier alpha value is -2.46. The van der Waals surface area contributed by atoms with Crippen molar-refractivity contribution in [1.82, 2.24) is 0 Å². The molecule has 0 aliphatic heterocycles. The maximum Gasteiger partial charge on any atom is 0.472 e. The van der Waals surface area contributed by atoms with Gasteiger partial charge in [-0.3, -0.25) is 37.3 Å². The van der Waals surface area contributed by atoms with Crippen LogP contribution in [0.2, 0.25) is 0 Å². The van der Waals surface area contributed by atoms with Crippen LogP contribution in [0.4, 0.5) is 0 Å². The summed E-state index contributed by atoms with van der Waals surface area (Å²) >= 11 is 0. The molecule has 566 valence electrons. The highest BCUT2D eigenvalue weighted by Crippen LogP contribution is 2.45. The highest BCUT2D eigenvalue weighted by molar-refractivity contribution is 7.47. The van der Waals surface area contributed by atoms with Crippen LogP contribution in [0, 0.1) is 0 Å². The molecule has 4 atom stereocenters. The lowest BCUT2D eigenvalue weighted by atomic mass is 10.0. The lowest BCUT2D eigenvalue weighted by Gasteiger charge is -2.21. The minimum Gasteiger partial charge on any atom is -0.462 e. The van der Waals surface area contributed by atoms with Crippen LogP contribution in [0.25, 0.3) is 0 Å². The molecule has 0 amide bonds. The lowest BCUT2D eigenvalue weighted by Crippen LogP contribution is -2.30. The predicted molar refractivity (Wildman–Crippen MR) is 391 cm³/mol. The first-order valence-electron chi connectivity index (χ1n) is 39.6. The second kappa shape index (κ2) is 71.0. The van der Waals surface area contributed by atoms with Crippen LogP contribution in [0.15, 0.2) is 24.3 Å². The number of phosphoric acid groups is 2. The van der Waals surface area contributed by atoms with Crippen LogP contribution in [-0.2, 0) is 65.4 Å². The summed E-state index contributed by atoms with van der Waals surface area (Å²) in [4.78, 5) is 72.9. The summed E-state index contributed by atoms with van der Waals surface area (Å²) in [5.41, 5.74) is 0. The van der Waals surface area contributed by atoms with Gasteiger partial charge in [-0.2, -0.15) is 0 Å². The molecule has 0 saturated heterocycles. The van der Waals surface area contributed by atoms with Crippen molar-refractivity contribution >= 4 is 39.5 Å². The summed E-state index contributed by atoms with van der Waals surface area (Å²) in [5, 5.41) is 10.6. The minimum atomic E-state index is -4.96. The Labute approximate surface area is 586 Å². The summed E-state index contributed by atoms with van der Waals surface area (Å²) in [7, 11) is -9.92. The van der Waals surface area contributed by atoms with E-state index in [0.29, 0.717) is 25.7 Å². The summed E-state index contributed by atoms with van der Waals surface area (Å²) < 4.78 is 68.5. The first kappa shape index (κ1) is 93.5. The Morgan fingerprint density at radius 1 is 0.281 bits per heavy atom. The van der Waals surface area contributed by atoms with E-state index in [-0.39, 0.29) is 25.7 Å². The number of ether oxygens (including phenoxy) is 4. The number of unbranched alkanes of at least 4 members (excludes halogenated alkanes) is 46. The molecule has 0 aromatic carbocycles. The van der Waals surface area contributed by atoms with Crippen LogP contribution >= 0.6 is 15.6 Å². The second-order valence-corrected chi connectivity index (χ2v) is 29.9. The molecule has 0 aliphatic rings. The first-order chi connectivity index (χ1) is 46.7. The van der Waals surface area contributed by atoms with E-state index in [1.807, 2.05) is 0 Å². The van der Waals surface area contributed by atoms with Crippen LogP contribution in [0.1, 0.15) is 387 Å². The van der Waals surface area contributed by atoms with Gasteiger partial charge in [0, 0.05) is 25.7 Å². The Kier molecular flexibility index (Phi) is 69.1. The van der Waals surface area contributed by atoms with Crippen molar-refractivity contribution in [1.29, 1.82) is 0 Å². The van der Waals surface area contributed by atoms with Crippen molar-refractivity contribution in [2.75, 3.05) is 39.6 Å². The topological polar surface area (TPSA) is 237 Å². The number of phosphoric ester groups is 2. The van der Waals surface area contributed by atoms with Gasteiger partial charge in [0.05, 0.1) is 26.4 Å². The van der Waals surface area contributed by atoms with Gasteiger partial charge in [0.1, 0.15) is 19.3 Å². The molecule has 2 unspecified atom stereocenters. The molecule has 0 aliphatic carbocycles. The average molecular weight is 1410 g/mol. The van der Waals surface area contributed by atoms with E-state index in [0.717, 1.165) is 128 Å². The molecular formula is C77H146O17P2. The third kappa shape index (κ3) is 70.0. The monoisotopic (exact) mass is 1410 g/mol. The predicted octanol–water partition coefficient (Wildman–Crippen LogP) is 22.6. The number of hydrogen-bond donors (Lipinski definition) is 3. The molecule has 0 spiro atoms. The molecular weight excluding hydrogens is 1260 g/mol. The molecule has 0 rings (SSSR count). The molecule has 3 N–H and O–H groups in total. The van der Waals surface area contributed by atoms with Crippen molar-refractivity contribution in [2.24, 2.45) is 0 Å². The molecule has 0 aromatic rings. The average Bonchev–Trinajstić information content (AvgIpc) is 1.18. The zero-order valence-electron chi connectivity index (χ0n) is 61.8. The number of allylic oxidation sites excluding steroid dienone is 4. The van der Waals surface area contributed by atoms with Crippen molar-refractivity contribution in [3.05, 3.63) is 24.3 Å². The molecule has 0 saturated carbocycles. The fourth-order valence-corrected chi connectivity index (χ4v) is 12.9. The molecule has 0 radical (unpaired) electrons. The second-order valence-electron chi connectivity index (χ2n) is 27.0. The molecule has 0 heterocycles. The Morgan fingerprint density at radius 3 is 0.729 bits per heavy atom. The van der Waals surface area contributed by atoms with E-state index in [4.69, 9.17) is 37.0 Å². The SMILES string of the molecule is CCCCCC/C=C\CCCCCCCC(=O)OC[C@H](COP(=O)(O)OCC(O)COP(=O)(O)OC[C@@H](COC(=O)CCCCCCC/C=C\CCCCCC)OC(=O)CCCCCCCCCCCCCCCCC)OC(=O)CCCCCCCCCCCCCCCCC. The fraction of sp³-hybridized carbons (Fsp3) is 0.896. The highest BCUT2D eigenvalue weighted by atomic mass is 31.2. The van der Waals surface area contributed by atoms with Gasteiger partial charge in [0.15, 0.2) is 12.2 Å². The Bertz CT molecular complexity index is 1790. The van der Waals surface area contributed by atoms with Crippen LogP contribution in [0.3, 0.4) is 0 Å². The standard InChI is InChI=1S/C77H146O17P2/c1-5-9-13-17-21-25-29-33-35-39-43-47-51-55-59-63-76(81)93-72(67-87-74(79)61-57-53-49-45-41-37-31-27-23-19-15-11-7-3)69-91-95(83,84)89-65-71(78)66-90-96(85,86)92-70-73(68-88-75(80)62-58-54-50-46-42-38-32-28-24-20-16-12-8-4)94-77(82)64-60-56-52-48-44-40-36-34-30-26-22-18-14-10-6-2/h27-28,31-32,71-73,78H,5-26,29-30,33-70H2,1-4H3,(H,83,84)(H,85,86)/b31-27-,32-28-/t72-,73-/m1/s1. The van der Waals surface area contributed by atoms with Crippen molar-refractivity contribution in [3.8, 4) is 0 Å². The van der Waals surface area contributed by atoms with E-state index >= 15 is 0 Å². The van der Waals surface area contributed by atoms with Gasteiger partial charge < -0.3 is 33.8 Å². The van der Waals surface area contributed by atoms with Crippen molar-refractivity contribution in [3.63, 3.8) is 0 Å². The van der Waals surface area contributed by atoms with Crippen LogP contribution in [0.5, 0.6) is 0 Å².